The first-order valence-electron chi connectivity index (χ1n) is 11.7. The van der Waals surface area contributed by atoms with E-state index in [0.717, 1.165) is 22.4 Å². The Labute approximate surface area is 200 Å². The number of benzene rings is 3. The summed E-state index contributed by atoms with van der Waals surface area (Å²) in [6.45, 7) is 5.98. The largest absolute Gasteiger partial charge is 0.489 e. The standard InChI is InChI=1S/C29H30O5/c1-2-17-31-25-16-10-9-15-24(25)26-27-28(32-19-23-13-7-4-8-14-23)29(34-26,21-33-27)20-30-18-22-11-5-3-6-12-22/h2-16,26-28H,1,17-21H2/t26?,27-,28-,29-/m0/s1. The van der Waals surface area contributed by atoms with Crippen molar-refractivity contribution in [3.8, 4) is 5.75 Å². The minimum Gasteiger partial charge on any atom is -0.489 e. The minimum absolute atomic E-state index is 0.252. The molecule has 3 aromatic carbocycles. The molecule has 1 unspecified atom stereocenters. The molecule has 0 saturated carbocycles. The quantitative estimate of drug-likeness (QED) is 0.367. The number of hydrogen-bond acceptors (Lipinski definition) is 5. The van der Waals surface area contributed by atoms with Crippen LogP contribution in [0.1, 0.15) is 22.8 Å². The van der Waals surface area contributed by atoms with E-state index in [2.05, 4.69) is 30.8 Å². The predicted octanol–water partition coefficient (Wildman–Crippen LogP) is 5.26. The third kappa shape index (κ3) is 4.79. The Kier molecular flexibility index (Phi) is 7.07. The van der Waals surface area contributed by atoms with Crippen LogP contribution < -0.4 is 4.74 Å². The van der Waals surface area contributed by atoms with E-state index in [1.54, 1.807) is 6.08 Å². The van der Waals surface area contributed by atoms with E-state index in [9.17, 15) is 0 Å². The molecule has 0 aliphatic carbocycles. The maximum absolute atomic E-state index is 6.71. The number of hydrogen-bond donors (Lipinski definition) is 0. The van der Waals surface area contributed by atoms with Gasteiger partial charge in [0.25, 0.3) is 0 Å². The lowest BCUT2D eigenvalue weighted by Crippen LogP contribution is -2.46. The summed E-state index contributed by atoms with van der Waals surface area (Å²) in [6, 6.07) is 28.2. The van der Waals surface area contributed by atoms with Crippen molar-refractivity contribution in [3.63, 3.8) is 0 Å². The van der Waals surface area contributed by atoms with Crippen LogP contribution in [0.5, 0.6) is 5.75 Å². The van der Waals surface area contributed by atoms with E-state index >= 15 is 0 Å². The van der Waals surface area contributed by atoms with Crippen molar-refractivity contribution in [1.82, 2.24) is 0 Å². The lowest BCUT2D eigenvalue weighted by atomic mass is 9.96. The highest BCUT2D eigenvalue weighted by Gasteiger charge is 2.63. The maximum atomic E-state index is 6.71. The Bertz CT molecular complexity index is 1070. The van der Waals surface area contributed by atoms with Crippen molar-refractivity contribution in [1.29, 1.82) is 0 Å². The second-order valence-electron chi connectivity index (χ2n) is 8.71. The Morgan fingerprint density at radius 1 is 0.882 bits per heavy atom. The first kappa shape index (κ1) is 22.8. The van der Waals surface area contributed by atoms with Crippen molar-refractivity contribution in [2.24, 2.45) is 0 Å². The third-order valence-electron chi connectivity index (χ3n) is 6.31. The molecule has 3 aromatic rings. The molecule has 2 bridgehead atoms. The summed E-state index contributed by atoms with van der Waals surface area (Å²) >= 11 is 0. The molecule has 176 valence electrons. The molecule has 0 aromatic heterocycles. The number of para-hydroxylation sites is 1. The van der Waals surface area contributed by atoms with Crippen molar-refractivity contribution >= 4 is 0 Å². The highest BCUT2D eigenvalue weighted by Crippen LogP contribution is 2.50. The molecule has 0 spiro atoms. The Morgan fingerprint density at radius 2 is 1.56 bits per heavy atom. The van der Waals surface area contributed by atoms with Gasteiger partial charge in [-0.2, -0.15) is 0 Å². The van der Waals surface area contributed by atoms with Crippen LogP contribution >= 0.6 is 0 Å². The van der Waals surface area contributed by atoms with Crippen LogP contribution in [-0.2, 0) is 32.2 Å². The summed E-state index contributed by atoms with van der Waals surface area (Å²) in [7, 11) is 0. The average molecular weight is 459 g/mol. The van der Waals surface area contributed by atoms with Gasteiger partial charge < -0.3 is 23.7 Å². The highest BCUT2D eigenvalue weighted by atomic mass is 16.7. The van der Waals surface area contributed by atoms with Gasteiger partial charge in [-0.15, -0.1) is 0 Å². The second-order valence-corrected chi connectivity index (χ2v) is 8.71. The van der Waals surface area contributed by atoms with Gasteiger partial charge in [0.05, 0.1) is 26.4 Å². The molecule has 5 rings (SSSR count). The lowest BCUT2D eigenvalue weighted by molar-refractivity contribution is -0.176. The highest BCUT2D eigenvalue weighted by molar-refractivity contribution is 5.38. The first-order chi connectivity index (χ1) is 16.8. The van der Waals surface area contributed by atoms with Gasteiger partial charge in [-0.05, 0) is 17.2 Å². The summed E-state index contributed by atoms with van der Waals surface area (Å²) in [4.78, 5) is 0. The second kappa shape index (κ2) is 10.5. The molecule has 2 saturated heterocycles. The van der Waals surface area contributed by atoms with Crippen LogP contribution in [-0.4, -0.2) is 37.6 Å². The topological polar surface area (TPSA) is 46.2 Å². The van der Waals surface area contributed by atoms with Crippen LogP contribution in [0.3, 0.4) is 0 Å². The van der Waals surface area contributed by atoms with Crippen LogP contribution in [0.25, 0.3) is 0 Å². The molecule has 2 aliphatic heterocycles. The SMILES string of the molecule is C=CCOc1ccccc1C1O[C@@]2(COCc3ccccc3)CO[C@@H]1[C@@H]2OCc1ccccc1. The first-order valence-corrected chi connectivity index (χ1v) is 11.7. The van der Waals surface area contributed by atoms with E-state index < -0.39 is 5.60 Å². The molecule has 2 aliphatic rings. The predicted molar refractivity (Wildman–Crippen MR) is 130 cm³/mol. The van der Waals surface area contributed by atoms with Crippen molar-refractivity contribution in [2.45, 2.75) is 37.1 Å². The molecule has 2 fully saturated rings. The van der Waals surface area contributed by atoms with Crippen molar-refractivity contribution < 1.29 is 23.7 Å². The van der Waals surface area contributed by atoms with Gasteiger partial charge in [-0.3, -0.25) is 0 Å². The third-order valence-corrected chi connectivity index (χ3v) is 6.31. The molecule has 4 atom stereocenters. The maximum Gasteiger partial charge on any atom is 0.144 e. The molecule has 2 heterocycles. The monoisotopic (exact) mass is 458 g/mol. The van der Waals surface area contributed by atoms with Gasteiger partial charge in [0.15, 0.2) is 0 Å². The summed E-state index contributed by atoms with van der Waals surface area (Å²) in [5, 5.41) is 0. The molecule has 0 N–H and O–H groups in total. The minimum atomic E-state index is -0.690. The molecular formula is C29H30O5. The molecule has 5 nitrogen and oxygen atoms in total. The van der Waals surface area contributed by atoms with E-state index in [1.807, 2.05) is 60.7 Å². The zero-order valence-corrected chi connectivity index (χ0v) is 19.2. The summed E-state index contributed by atoms with van der Waals surface area (Å²) in [6.07, 6.45) is 0.911. The van der Waals surface area contributed by atoms with Crippen LogP contribution in [0.2, 0.25) is 0 Å². The molecule has 0 radical (unpaired) electrons. The van der Waals surface area contributed by atoms with Gasteiger partial charge in [-0.25, -0.2) is 0 Å². The molecule has 34 heavy (non-hydrogen) atoms. The van der Waals surface area contributed by atoms with Gasteiger partial charge >= 0.3 is 0 Å². The summed E-state index contributed by atoms with van der Waals surface area (Å²) < 4.78 is 31.5. The Balaban J connectivity index is 1.37. The fourth-order valence-electron chi connectivity index (χ4n) is 4.69. The van der Waals surface area contributed by atoms with E-state index in [1.165, 1.54) is 0 Å². The fraction of sp³-hybridized carbons (Fsp3) is 0.310. The van der Waals surface area contributed by atoms with Gasteiger partial charge in [0.2, 0.25) is 0 Å². The Hall–Kier alpha value is -2.96. The van der Waals surface area contributed by atoms with Crippen molar-refractivity contribution in [3.05, 3.63) is 114 Å². The smallest absolute Gasteiger partial charge is 0.144 e. The zero-order valence-electron chi connectivity index (χ0n) is 19.2. The molecule has 0 amide bonds. The van der Waals surface area contributed by atoms with Crippen LogP contribution in [0, 0.1) is 0 Å². The molecule has 5 heteroatoms. The fourth-order valence-corrected chi connectivity index (χ4v) is 4.69. The normalized spacial score (nSPS) is 25.4. The Morgan fingerprint density at radius 3 is 2.29 bits per heavy atom. The summed E-state index contributed by atoms with van der Waals surface area (Å²) in [5.41, 5.74) is 2.49. The number of rotatable bonds is 11. The van der Waals surface area contributed by atoms with E-state index in [-0.39, 0.29) is 18.3 Å². The van der Waals surface area contributed by atoms with Crippen molar-refractivity contribution in [2.75, 3.05) is 19.8 Å². The van der Waals surface area contributed by atoms with Crippen LogP contribution in [0.4, 0.5) is 0 Å². The number of ether oxygens (including phenoxy) is 5. The van der Waals surface area contributed by atoms with E-state index in [0.29, 0.717) is 33.0 Å². The van der Waals surface area contributed by atoms with E-state index in [4.69, 9.17) is 23.7 Å². The van der Waals surface area contributed by atoms with Crippen LogP contribution in [0.15, 0.2) is 97.6 Å². The lowest BCUT2D eigenvalue weighted by Gasteiger charge is -2.31. The van der Waals surface area contributed by atoms with Gasteiger partial charge in [-0.1, -0.05) is 91.5 Å². The molecular weight excluding hydrogens is 428 g/mol. The zero-order chi connectivity index (χ0) is 23.2. The average Bonchev–Trinajstić information content (AvgIpc) is 3.39. The summed E-state index contributed by atoms with van der Waals surface area (Å²) in [5.74, 6) is 0.769. The van der Waals surface area contributed by atoms with Gasteiger partial charge in [0.1, 0.15) is 36.3 Å². The number of fused-ring (bicyclic) bond motifs is 2. The van der Waals surface area contributed by atoms with Gasteiger partial charge in [0, 0.05) is 5.56 Å².